The maximum Gasteiger partial charge on any atom is 0.144 e. The Kier molecular flexibility index (Phi) is 6.41. The molecule has 4 N–H and O–H groups in total. The molecule has 96 valence electrons. The van der Waals surface area contributed by atoms with Gasteiger partial charge in [0.15, 0.2) is 0 Å². The number of hydrogen-bond acceptors (Lipinski definition) is 3. The van der Waals surface area contributed by atoms with E-state index in [0.717, 1.165) is 19.5 Å². The van der Waals surface area contributed by atoms with Crippen LogP contribution in [0.1, 0.15) is 41.0 Å². The zero-order chi connectivity index (χ0) is 12.8. The van der Waals surface area contributed by atoms with Crippen molar-refractivity contribution in [3.8, 4) is 0 Å². The third kappa shape index (κ3) is 5.35. The molecule has 0 rings (SSSR count). The van der Waals surface area contributed by atoms with Gasteiger partial charge in [-0.1, -0.05) is 39.8 Å². The molecule has 0 aliphatic carbocycles. The summed E-state index contributed by atoms with van der Waals surface area (Å²) >= 11 is 0. The van der Waals surface area contributed by atoms with Crippen molar-refractivity contribution in [1.29, 1.82) is 0 Å². The number of nitrogens with one attached hydrogen (secondary N) is 1. The van der Waals surface area contributed by atoms with E-state index >= 15 is 0 Å². The molecular weight excluding hydrogens is 202 g/mol. The van der Waals surface area contributed by atoms with E-state index in [2.05, 4.69) is 31.2 Å². The Balaban J connectivity index is 3.82. The molecule has 1 atom stereocenters. The third-order valence-electron chi connectivity index (χ3n) is 3.33. The number of nitrogens with zero attached hydrogens (tertiary/aromatic N) is 1. The first-order valence-corrected chi connectivity index (χ1v) is 6.00. The molecule has 0 bridgehead atoms. The molecule has 0 aliphatic rings. The van der Waals surface area contributed by atoms with Crippen molar-refractivity contribution < 1.29 is 5.21 Å². The molecule has 16 heavy (non-hydrogen) atoms. The summed E-state index contributed by atoms with van der Waals surface area (Å²) in [5, 5.41) is 15.1. The maximum atomic E-state index is 8.63. The Morgan fingerprint density at radius 3 is 2.38 bits per heavy atom. The van der Waals surface area contributed by atoms with E-state index in [0.29, 0.717) is 17.7 Å². The Morgan fingerprint density at radius 1 is 1.38 bits per heavy atom. The van der Waals surface area contributed by atoms with Gasteiger partial charge in [-0.15, -0.1) is 0 Å². The Hall–Kier alpha value is -0.770. The summed E-state index contributed by atoms with van der Waals surface area (Å²) in [4.78, 5) is 0. The molecule has 4 heteroatoms. The maximum absolute atomic E-state index is 8.63. The fourth-order valence-electron chi connectivity index (χ4n) is 1.23. The Bertz CT molecular complexity index is 224. The molecule has 0 amide bonds. The highest BCUT2D eigenvalue weighted by atomic mass is 16.4. The van der Waals surface area contributed by atoms with E-state index in [9.17, 15) is 0 Å². The first-order valence-electron chi connectivity index (χ1n) is 6.00. The van der Waals surface area contributed by atoms with Crippen LogP contribution in [0, 0.1) is 17.3 Å². The Labute approximate surface area is 99.3 Å². The molecule has 4 nitrogen and oxygen atoms in total. The predicted molar refractivity (Wildman–Crippen MR) is 68.7 cm³/mol. The monoisotopic (exact) mass is 229 g/mol. The number of oxime groups is 1. The van der Waals surface area contributed by atoms with Crippen LogP contribution >= 0.6 is 0 Å². The van der Waals surface area contributed by atoms with E-state index in [1.165, 1.54) is 0 Å². The molecule has 0 heterocycles. The van der Waals surface area contributed by atoms with Gasteiger partial charge in [0.2, 0.25) is 0 Å². The minimum atomic E-state index is -0.247. The van der Waals surface area contributed by atoms with Gasteiger partial charge in [-0.2, -0.15) is 0 Å². The van der Waals surface area contributed by atoms with E-state index in [1.807, 2.05) is 13.8 Å². The number of rotatable bonds is 7. The average molecular weight is 229 g/mol. The van der Waals surface area contributed by atoms with Gasteiger partial charge in [0.05, 0.1) is 0 Å². The van der Waals surface area contributed by atoms with Crippen molar-refractivity contribution in [2.75, 3.05) is 13.1 Å². The van der Waals surface area contributed by atoms with Gasteiger partial charge in [0.25, 0.3) is 0 Å². The molecule has 0 saturated heterocycles. The van der Waals surface area contributed by atoms with Gasteiger partial charge in [0.1, 0.15) is 5.84 Å². The van der Waals surface area contributed by atoms with E-state index < -0.39 is 0 Å². The zero-order valence-corrected chi connectivity index (χ0v) is 11.2. The summed E-state index contributed by atoms with van der Waals surface area (Å²) in [6, 6.07) is 0. The predicted octanol–water partition coefficient (Wildman–Crippen LogP) is 2.03. The van der Waals surface area contributed by atoms with Crippen LogP contribution < -0.4 is 11.1 Å². The van der Waals surface area contributed by atoms with Crippen LogP contribution in [0.3, 0.4) is 0 Å². The number of amidine groups is 1. The second-order valence-electron chi connectivity index (χ2n) is 5.54. The van der Waals surface area contributed by atoms with Gasteiger partial charge in [-0.05, 0) is 31.3 Å². The molecule has 0 fully saturated rings. The highest BCUT2D eigenvalue weighted by Gasteiger charge is 2.22. The highest BCUT2D eigenvalue weighted by molar-refractivity contribution is 5.85. The fraction of sp³-hybridized carbons (Fsp3) is 0.917. The molecule has 0 aliphatic heterocycles. The van der Waals surface area contributed by atoms with Crippen molar-refractivity contribution in [2.45, 2.75) is 41.0 Å². The molecule has 0 spiro atoms. The molecule has 0 aromatic rings. The highest BCUT2D eigenvalue weighted by Crippen LogP contribution is 2.19. The number of nitrogens with two attached hydrogens (primary N) is 1. The van der Waals surface area contributed by atoms with Crippen LogP contribution in [0.25, 0.3) is 0 Å². The van der Waals surface area contributed by atoms with Crippen molar-refractivity contribution in [2.24, 2.45) is 28.1 Å². The molecule has 1 unspecified atom stereocenters. The van der Waals surface area contributed by atoms with Crippen LogP contribution in [0.2, 0.25) is 0 Å². The molecular formula is C12H27N3O. The average Bonchev–Trinajstić information content (AvgIpc) is 2.22. The van der Waals surface area contributed by atoms with Crippen molar-refractivity contribution in [3.05, 3.63) is 0 Å². The summed E-state index contributed by atoms with van der Waals surface area (Å²) < 4.78 is 0. The Morgan fingerprint density at radius 2 is 1.94 bits per heavy atom. The lowest BCUT2D eigenvalue weighted by atomic mass is 9.88. The lowest BCUT2D eigenvalue weighted by Gasteiger charge is -2.23. The number of hydrogen-bond donors (Lipinski definition) is 3. The largest absolute Gasteiger partial charge is 0.409 e. The second kappa shape index (κ2) is 6.74. The van der Waals surface area contributed by atoms with Crippen LogP contribution in [0.5, 0.6) is 0 Å². The zero-order valence-electron chi connectivity index (χ0n) is 11.2. The minimum Gasteiger partial charge on any atom is -0.409 e. The first kappa shape index (κ1) is 15.2. The summed E-state index contributed by atoms with van der Waals surface area (Å²) in [5.41, 5.74) is 5.37. The van der Waals surface area contributed by atoms with Crippen molar-refractivity contribution in [1.82, 2.24) is 5.32 Å². The fourth-order valence-corrected chi connectivity index (χ4v) is 1.23. The molecule has 0 aromatic carbocycles. The van der Waals surface area contributed by atoms with Crippen LogP contribution in [-0.2, 0) is 0 Å². The quantitative estimate of drug-likeness (QED) is 0.206. The minimum absolute atomic E-state index is 0.247. The molecule has 0 radical (unpaired) electrons. The summed E-state index contributed by atoms with van der Waals surface area (Å²) in [6.07, 6.45) is 0.869. The van der Waals surface area contributed by atoms with Gasteiger partial charge in [0, 0.05) is 5.41 Å². The van der Waals surface area contributed by atoms with Crippen LogP contribution in [0.4, 0.5) is 0 Å². The van der Waals surface area contributed by atoms with Gasteiger partial charge in [-0.3, -0.25) is 0 Å². The first-order chi connectivity index (χ1) is 7.31. The van der Waals surface area contributed by atoms with E-state index in [1.54, 1.807) is 0 Å². The summed E-state index contributed by atoms with van der Waals surface area (Å²) in [5.74, 6) is 1.67. The smallest absolute Gasteiger partial charge is 0.144 e. The van der Waals surface area contributed by atoms with Gasteiger partial charge >= 0.3 is 0 Å². The van der Waals surface area contributed by atoms with Crippen LogP contribution in [-0.4, -0.2) is 24.1 Å². The third-order valence-corrected chi connectivity index (χ3v) is 3.33. The van der Waals surface area contributed by atoms with Gasteiger partial charge in [-0.25, -0.2) is 0 Å². The SMILES string of the molecule is CC(C)C(C)CNCCC(C)(C)C(N)=NO. The molecule has 0 aromatic heterocycles. The van der Waals surface area contributed by atoms with E-state index in [4.69, 9.17) is 10.9 Å². The lowest BCUT2D eigenvalue weighted by molar-refractivity contribution is 0.304. The summed E-state index contributed by atoms with van der Waals surface area (Å²) in [6.45, 7) is 12.6. The van der Waals surface area contributed by atoms with E-state index in [-0.39, 0.29) is 5.41 Å². The normalized spacial score (nSPS) is 15.5. The van der Waals surface area contributed by atoms with Crippen LogP contribution in [0.15, 0.2) is 5.16 Å². The topological polar surface area (TPSA) is 70.6 Å². The molecule has 0 saturated carbocycles. The second-order valence-corrected chi connectivity index (χ2v) is 5.54. The standard InChI is InChI=1S/C12H27N3O/c1-9(2)10(3)8-14-7-6-12(4,5)11(13)15-16/h9-10,14,16H,6-8H2,1-5H3,(H2,13,15). The van der Waals surface area contributed by atoms with Gasteiger partial charge < -0.3 is 16.3 Å². The van der Waals surface area contributed by atoms with Crippen molar-refractivity contribution >= 4 is 5.84 Å². The van der Waals surface area contributed by atoms with Crippen molar-refractivity contribution in [3.63, 3.8) is 0 Å². The summed E-state index contributed by atoms with van der Waals surface area (Å²) in [7, 11) is 0. The lowest BCUT2D eigenvalue weighted by Crippen LogP contribution is -2.36.